The molecule has 0 aliphatic carbocycles. The molecular formula is C12H9FN2OS. The maximum atomic E-state index is 13.7. The summed E-state index contributed by atoms with van der Waals surface area (Å²) < 4.78 is 13.7. The van der Waals surface area contributed by atoms with Crippen molar-refractivity contribution in [3.05, 3.63) is 40.2 Å². The maximum Gasteiger partial charge on any atom is 0.134 e. The van der Waals surface area contributed by atoms with Gasteiger partial charge in [0.2, 0.25) is 0 Å². The smallest absolute Gasteiger partial charge is 0.134 e. The fraction of sp³-hybridized carbons (Fsp3) is 0.167. The summed E-state index contributed by atoms with van der Waals surface area (Å²) in [5.41, 5.74) is 1.34. The van der Waals surface area contributed by atoms with Gasteiger partial charge in [0.25, 0.3) is 0 Å². The third-order valence-corrected chi connectivity index (χ3v) is 3.54. The molecule has 86 valence electrons. The number of nitriles is 1. The Hall–Kier alpha value is -1.77. The second kappa shape index (κ2) is 4.62. The number of aromatic nitrogens is 1. The summed E-state index contributed by atoms with van der Waals surface area (Å²) in [6.07, 6.45) is 0. The van der Waals surface area contributed by atoms with Crippen LogP contribution in [0.15, 0.2) is 18.2 Å². The summed E-state index contributed by atoms with van der Waals surface area (Å²) in [4.78, 5) is 4.93. The van der Waals surface area contributed by atoms with E-state index in [0.29, 0.717) is 16.3 Å². The minimum Gasteiger partial charge on any atom is -0.391 e. The molecule has 1 heterocycles. The number of hydrogen-bond donors (Lipinski definition) is 1. The van der Waals surface area contributed by atoms with E-state index in [9.17, 15) is 4.39 Å². The van der Waals surface area contributed by atoms with Crippen molar-refractivity contribution in [3.8, 4) is 16.6 Å². The van der Waals surface area contributed by atoms with Gasteiger partial charge in [0.15, 0.2) is 0 Å². The Balaban J connectivity index is 2.50. The van der Waals surface area contributed by atoms with E-state index in [-0.39, 0.29) is 12.2 Å². The minimum absolute atomic E-state index is 0.0958. The molecule has 0 saturated carbocycles. The molecule has 0 aliphatic rings. The van der Waals surface area contributed by atoms with Crippen LogP contribution in [0, 0.1) is 24.1 Å². The molecule has 0 radical (unpaired) electrons. The van der Waals surface area contributed by atoms with Gasteiger partial charge >= 0.3 is 0 Å². The monoisotopic (exact) mass is 248 g/mol. The maximum absolute atomic E-state index is 13.7. The van der Waals surface area contributed by atoms with Gasteiger partial charge in [-0.3, -0.25) is 0 Å². The quantitative estimate of drug-likeness (QED) is 0.888. The van der Waals surface area contributed by atoms with Crippen LogP contribution in [0.3, 0.4) is 0 Å². The van der Waals surface area contributed by atoms with Gasteiger partial charge < -0.3 is 5.11 Å². The summed E-state index contributed by atoms with van der Waals surface area (Å²) in [5.74, 6) is -0.470. The molecule has 5 heteroatoms. The van der Waals surface area contributed by atoms with Crippen LogP contribution in [-0.4, -0.2) is 10.1 Å². The lowest BCUT2D eigenvalue weighted by Crippen LogP contribution is -1.85. The highest BCUT2D eigenvalue weighted by Gasteiger charge is 2.12. The molecule has 1 aromatic heterocycles. The van der Waals surface area contributed by atoms with Crippen LogP contribution in [0.1, 0.15) is 16.1 Å². The minimum atomic E-state index is -0.470. The Bertz CT molecular complexity index is 601. The molecule has 0 spiro atoms. The van der Waals surface area contributed by atoms with Crippen molar-refractivity contribution in [2.24, 2.45) is 0 Å². The largest absolute Gasteiger partial charge is 0.391 e. The van der Waals surface area contributed by atoms with Gasteiger partial charge in [-0.15, -0.1) is 11.3 Å². The fourth-order valence-corrected chi connectivity index (χ4v) is 2.40. The number of rotatable bonds is 2. The standard InChI is InChI=1S/C12H9FN2OS/c1-7-11(6-16)17-12(15-7)9-3-2-8(5-14)4-10(9)13/h2-4,16H,6H2,1H3. The first-order valence-electron chi connectivity index (χ1n) is 4.93. The van der Waals surface area contributed by atoms with Crippen LogP contribution in [0.2, 0.25) is 0 Å². The lowest BCUT2D eigenvalue weighted by Gasteiger charge is -1.98. The van der Waals surface area contributed by atoms with Crippen molar-refractivity contribution in [2.75, 3.05) is 0 Å². The zero-order chi connectivity index (χ0) is 12.4. The second-order valence-corrected chi connectivity index (χ2v) is 4.58. The molecule has 2 aromatic rings. The van der Waals surface area contributed by atoms with Gasteiger partial charge in [-0.05, 0) is 25.1 Å². The average molecular weight is 248 g/mol. The Morgan fingerprint density at radius 3 is 2.82 bits per heavy atom. The van der Waals surface area contributed by atoms with Crippen molar-refractivity contribution in [3.63, 3.8) is 0 Å². The van der Waals surface area contributed by atoms with Crippen LogP contribution in [0.25, 0.3) is 10.6 Å². The number of aliphatic hydroxyl groups is 1. The molecule has 1 N–H and O–H groups in total. The highest BCUT2D eigenvalue weighted by atomic mass is 32.1. The number of halogens is 1. The topological polar surface area (TPSA) is 56.9 Å². The Kier molecular flexibility index (Phi) is 3.18. The number of aryl methyl sites for hydroxylation is 1. The molecule has 0 fully saturated rings. The highest BCUT2D eigenvalue weighted by Crippen LogP contribution is 2.30. The number of benzene rings is 1. The van der Waals surface area contributed by atoms with E-state index in [1.165, 1.54) is 23.5 Å². The van der Waals surface area contributed by atoms with Crippen LogP contribution in [0.5, 0.6) is 0 Å². The van der Waals surface area contributed by atoms with Crippen molar-refractivity contribution < 1.29 is 9.50 Å². The number of hydrogen-bond acceptors (Lipinski definition) is 4. The van der Waals surface area contributed by atoms with Crippen LogP contribution in [-0.2, 0) is 6.61 Å². The van der Waals surface area contributed by atoms with Crippen molar-refractivity contribution in [1.82, 2.24) is 4.98 Å². The molecule has 0 atom stereocenters. The zero-order valence-corrected chi connectivity index (χ0v) is 9.88. The predicted molar refractivity (Wildman–Crippen MR) is 62.9 cm³/mol. The van der Waals surface area contributed by atoms with E-state index in [1.54, 1.807) is 13.0 Å². The van der Waals surface area contributed by atoms with Crippen LogP contribution < -0.4 is 0 Å². The van der Waals surface area contributed by atoms with Crippen LogP contribution >= 0.6 is 11.3 Å². The number of aliphatic hydroxyl groups excluding tert-OH is 1. The molecule has 3 nitrogen and oxygen atoms in total. The summed E-state index contributed by atoms with van der Waals surface area (Å²) in [7, 11) is 0. The van der Waals surface area contributed by atoms with Gasteiger partial charge in [-0.2, -0.15) is 5.26 Å². The van der Waals surface area contributed by atoms with Gasteiger partial charge in [-0.1, -0.05) is 0 Å². The molecule has 0 bridgehead atoms. The number of nitrogens with zero attached hydrogens (tertiary/aromatic N) is 2. The average Bonchev–Trinajstić information content (AvgIpc) is 2.70. The molecule has 0 saturated heterocycles. The number of thiazole rings is 1. The van der Waals surface area contributed by atoms with Crippen molar-refractivity contribution >= 4 is 11.3 Å². The molecule has 0 aliphatic heterocycles. The van der Waals surface area contributed by atoms with Crippen molar-refractivity contribution in [2.45, 2.75) is 13.5 Å². The van der Waals surface area contributed by atoms with E-state index in [2.05, 4.69) is 4.98 Å². The SMILES string of the molecule is Cc1nc(-c2ccc(C#N)cc2F)sc1CO. The summed E-state index contributed by atoms with van der Waals surface area (Å²) in [5, 5.41) is 18.2. The van der Waals surface area contributed by atoms with E-state index in [0.717, 1.165) is 4.88 Å². The second-order valence-electron chi connectivity index (χ2n) is 3.49. The normalized spacial score (nSPS) is 10.2. The Labute approximate surface area is 102 Å². The molecule has 0 amide bonds. The van der Waals surface area contributed by atoms with Gasteiger partial charge in [0, 0.05) is 5.56 Å². The van der Waals surface area contributed by atoms with Gasteiger partial charge in [-0.25, -0.2) is 9.37 Å². The van der Waals surface area contributed by atoms with E-state index < -0.39 is 5.82 Å². The summed E-state index contributed by atoms with van der Waals surface area (Å²) in [6, 6.07) is 6.15. The highest BCUT2D eigenvalue weighted by molar-refractivity contribution is 7.15. The van der Waals surface area contributed by atoms with Crippen molar-refractivity contribution in [1.29, 1.82) is 5.26 Å². The molecule has 17 heavy (non-hydrogen) atoms. The molecule has 1 aromatic carbocycles. The molecular weight excluding hydrogens is 239 g/mol. The third-order valence-electron chi connectivity index (χ3n) is 2.36. The summed E-state index contributed by atoms with van der Waals surface area (Å²) in [6.45, 7) is 1.68. The molecule has 0 unspecified atom stereocenters. The van der Waals surface area contributed by atoms with E-state index in [1.807, 2.05) is 6.07 Å². The third kappa shape index (κ3) is 2.18. The van der Waals surface area contributed by atoms with Gasteiger partial charge in [0.1, 0.15) is 10.8 Å². The first-order chi connectivity index (χ1) is 8.15. The Morgan fingerprint density at radius 1 is 1.53 bits per heavy atom. The summed E-state index contributed by atoms with van der Waals surface area (Å²) >= 11 is 1.26. The first kappa shape index (κ1) is 11.7. The van der Waals surface area contributed by atoms with Crippen LogP contribution in [0.4, 0.5) is 4.39 Å². The lowest BCUT2D eigenvalue weighted by molar-refractivity contribution is 0.284. The van der Waals surface area contributed by atoms with Gasteiger partial charge in [0.05, 0.1) is 28.8 Å². The van der Waals surface area contributed by atoms with E-state index in [4.69, 9.17) is 10.4 Å². The first-order valence-corrected chi connectivity index (χ1v) is 5.74. The molecule has 2 rings (SSSR count). The zero-order valence-electron chi connectivity index (χ0n) is 9.07. The predicted octanol–water partition coefficient (Wildman–Crippen LogP) is 2.62. The fourth-order valence-electron chi connectivity index (χ4n) is 1.45. The Morgan fingerprint density at radius 2 is 2.29 bits per heavy atom. The lowest BCUT2D eigenvalue weighted by atomic mass is 10.1. The van der Waals surface area contributed by atoms with E-state index >= 15 is 0 Å².